The van der Waals surface area contributed by atoms with Crippen LogP contribution in [0, 0.1) is 17.7 Å². The lowest BCUT2D eigenvalue weighted by Crippen LogP contribution is -2.53. The highest BCUT2D eigenvalue weighted by Gasteiger charge is 2.33. The lowest BCUT2D eigenvalue weighted by Gasteiger charge is -2.42. The SMILES string of the molecule is CN(C)[C@@H]1CN(Cc2ccccc2F)CC[C@@H]1CNC(=O)C1CC1. The Morgan fingerprint density at radius 2 is 2.04 bits per heavy atom. The van der Waals surface area contributed by atoms with Crippen LogP contribution in [0.1, 0.15) is 24.8 Å². The summed E-state index contributed by atoms with van der Waals surface area (Å²) in [5.74, 6) is 0.822. The lowest BCUT2D eigenvalue weighted by atomic mass is 9.90. The fourth-order valence-corrected chi connectivity index (χ4v) is 3.60. The number of halogens is 1. The highest BCUT2D eigenvalue weighted by Crippen LogP contribution is 2.29. The largest absolute Gasteiger partial charge is 0.356 e. The summed E-state index contributed by atoms with van der Waals surface area (Å²) in [6, 6.07) is 7.39. The molecule has 24 heavy (non-hydrogen) atoms. The van der Waals surface area contributed by atoms with Gasteiger partial charge in [0.2, 0.25) is 5.91 Å². The number of likely N-dealkylation sites (N-methyl/N-ethyl adjacent to an activating group) is 1. The normalized spacial score (nSPS) is 25.0. The van der Waals surface area contributed by atoms with Crippen LogP contribution < -0.4 is 5.32 Å². The van der Waals surface area contributed by atoms with Crippen molar-refractivity contribution >= 4 is 5.91 Å². The number of benzene rings is 1. The molecular weight excluding hydrogens is 305 g/mol. The molecule has 1 aromatic rings. The van der Waals surface area contributed by atoms with Crippen molar-refractivity contribution in [2.24, 2.45) is 11.8 Å². The molecule has 2 fully saturated rings. The zero-order valence-electron chi connectivity index (χ0n) is 14.7. The minimum Gasteiger partial charge on any atom is -0.356 e. The molecule has 5 heteroatoms. The average molecular weight is 333 g/mol. The molecule has 0 bridgehead atoms. The second-order valence-corrected chi connectivity index (χ2v) is 7.43. The molecule has 1 saturated heterocycles. The van der Waals surface area contributed by atoms with Crippen LogP contribution in [0.15, 0.2) is 24.3 Å². The Kier molecular flexibility index (Phi) is 5.51. The van der Waals surface area contributed by atoms with Gasteiger partial charge < -0.3 is 10.2 Å². The van der Waals surface area contributed by atoms with Crippen molar-refractivity contribution in [2.75, 3.05) is 33.7 Å². The van der Waals surface area contributed by atoms with Gasteiger partial charge in [-0.15, -0.1) is 0 Å². The van der Waals surface area contributed by atoms with Crippen molar-refractivity contribution in [1.82, 2.24) is 15.1 Å². The number of nitrogens with one attached hydrogen (secondary N) is 1. The standard InChI is InChI=1S/C19H28FN3O/c1-22(2)18-13-23(12-16-5-3-4-6-17(16)20)10-9-15(18)11-21-19(24)14-7-8-14/h3-6,14-15,18H,7-13H2,1-2H3,(H,21,24)/t15-,18-/m1/s1. The maximum absolute atomic E-state index is 13.9. The first-order valence-corrected chi connectivity index (χ1v) is 8.94. The van der Waals surface area contributed by atoms with E-state index in [2.05, 4.69) is 29.2 Å². The van der Waals surface area contributed by atoms with Gasteiger partial charge in [0, 0.05) is 37.2 Å². The predicted molar refractivity (Wildman–Crippen MR) is 93.0 cm³/mol. The third-order valence-corrected chi connectivity index (χ3v) is 5.31. The molecule has 3 rings (SSSR count). The molecule has 1 amide bonds. The fraction of sp³-hybridized carbons (Fsp3) is 0.632. The van der Waals surface area contributed by atoms with Gasteiger partial charge in [-0.25, -0.2) is 4.39 Å². The molecule has 1 N–H and O–H groups in total. The van der Waals surface area contributed by atoms with Crippen LogP contribution in [0.5, 0.6) is 0 Å². The van der Waals surface area contributed by atoms with E-state index in [9.17, 15) is 9.18 Å². The van der Waals surface area contributed by atoms with Gasteiger partial charge in [0.05, 0.1) is 0 Å². The Balaban J connectivity index is 1.56. The van der Waals surface area contributed by atoms with Crippen molar-refractivity contribution in [3.63, 3.8) is 0 Å². The Labute approximate surface area is 144 Å². The lowest BCUT2D eigenvalue weighted by molar-refractivity contribution is -0.122. The molecule has 132 valence electrons. The maximum atomic E-state index is 13.9. The van der Waals surface area contributed by atoms with Crippen molar-refractivity contribution in [3.05, 3.63) is 35.6 Å². The van der Waals surface area contributed by atoms with Crippen LogP contribution in [0.25, 0.3) is 0 Å². The molecule has 0 unspecified atom stereocenters. The highest BCUT2D eigenvalue weighted by molar-refractivity contribution is 5.80. The minimum atomic E-state index is -0.127. The van der Waals surface area contributed by atoms with Crippen LogP contribution in [-0.4, -0.2) is 55.5 Å². The summed E-state index contributed by atoms with van der Waals surface area (Å²) in [7, 11) is 4.18. The van der Waals surface area contributed by atoms with E-state index < -0.39 is 0 Å². The van der Waals surface area contributed by atoms with Crippen molar-refractivity contribution in [1.29, 1.82) is 0 Å². The average Bonchev–Trinajstić information content (AvgIpc) is 3.40. The quantitative estimate of drug-likeness (QED) is 0.866. The fourth-order valence-electron chi connectivity index (χ4n) is 3.60. The van der Waals surface area contributed by atoms with Gasteiger partial charge in [-0.3, -0.25) is 9.69 Å². The van der Waals surface area contributed by atoms with E-state index in [1.165, 1.54) is 6.07 Å². The number of nitrogens with zero attached hydrogens (tertiary/aromatic N) is 2. The minimum absolute atomic E-state index is 0.127. The number of piperidine rings is 1. The van der Waals surface area contributed by atoms with E-state index >= 15 is 0 Å². The monoisotopic (exact) mass is 333 g/mol. The Morgan fingerprint density at radius 1 is 1.29 bits per heavy atom. The molecule has 2 atom stereocenters. The first-order valence-electron chi connectivity index (χ1n) is 8.94. The topological polar surface area (TPSA) is 35.6 Å². The number of hydrogen-bond acceptors (Lipinski definition) is 3. The molecule has 0 spiro atoms. The van der Waals surface area contributed by atoms with Crippen LogP contribution >= 0.6 is 0 Å². The van der Waals surface area contributed by atoms with Gasteiger partial charge >= 0.3 is 0 Å². The van der Waals surface area contributed by atoms with Gasteiger partial charge in [0.25, 0.3) is 0 Å². The van der Waals surface area contributed by atoms with E-state index in [1.807, 2.05) is 12.1 Å². The van der Waals surface area contributed by atoms with E-state index in [0.29, 0.717) is 18.5 Å². The van der Waals surface area contributed by atoms with E-state index in [4.69, 9.17) is 0 Å². The van der Waals surface area contributed by atoms with Gasteiger partial charge in [-0.05, 0) is 51.9 Å². The molecule has 1 aliphatic carbocycles. The third kappa shape index (κ3) is 4.33. The molecule has 1 aromatic carbocycles. The molecule has 4 nitrogen and oxygen atoms in total. The summed E-state index contributed by atoms with van der Waals surface area (Å²) in [6.07, 6.45) is 3.12. The number of rotatable bonds is 6. The Hall–Kier alpha value is -1.46. The maximum Gasteiger partial charge on any atom is 0.223 e. The zero-order chi connectivity index (χ0) is 17.1. The number of hydrogen-bond donors (Lipinski definition) is 1. The Bertz CT molecular complexity index is 573. The highest BCUT2D eigenvalue weighted by atomic mass is 19.1. The van der Waals surface area contributed by atoms with Crippen molar-refractivity contribution in [3.8, 4) is 0 Å². The molecule has 0 aromatic heterocycles. The number of carbonyl (C=O) groups excluding carboxylic acids is 1. The van der Waals surface area contributed by atoms with E-state index in [-0.39, 0.29) is 17.6 Å². The first-order chi connectivity index (χ1) is 11.5. The van der Waals surface area contributed by atoms with Crippen LogP contribution in [-0.2, 0) is 11.3 Å². The third-order valence-electron chi connectivity index (χ3n) is 5.31. The summed E-state index contributed by atoms with van der Waals surface area (Å²) in [6.45, 7) is 3.26. The Morgan fingerprint density at radius 3 is 2.71 bits per heavy atom. The summed E-state index contributed by atoms with van der Waals surface area (Å²) >= 11 is 0. The molecule has 1 aliphatic heterocycles. The van der Waals surface area contributed by atoms with Crippen molar-refractivity contribution < 1.29 is 9.18 Å². The summed E-state index contributed by atoms with van der Waals surface area (Å²) < 4.78 is 13.9. The van der Waals surface area contributed by atoms with Gasteiger partial charge in [0.15, 0.2) is 0 Å². The molecular formula is C19H28FN3O. The number of carbonyl (C=O) groups is 1. The molecule has 0 radical (unpaired) electrons. The zero-order valence-corrected chi connectivity index (χ0v) is 14.7. The van der Waals surface area contributed by atoms with Gasteiger partial charge in [-0.1, -0.05) is 18.2 Å². The van der Waals surface area contributed by atoms with Gasteiger partial charge in [0.1, 0.15) is 5.82 Å². The number of likely N-dealkylation sites (tertiary alicyclic amines) is 1. The predicted octanol–water partition coefficient (Wildman–Crippen LogP) is 2.10. The van der Waals surface area contributed by atoms with E-state index in [0.717, 1.165) is 44.5 Å². The molecule has 1 heterocycles. The molecule has 1 saturated carbocycles. The van der Waals surface area contributed by atoms with Gasteiger partial charge in [-0.2, -0.15) is 0 Å². The van der Waals surface area contributed by atoms with Crippen LogP contribution in [0.3, 0.4) is 0 Å². The summed E-state index contributed by atoms with van der Waals surface area (Å²) in [4.78, 5) is 16.4. The van der Waals surface area contributed by atoms with E-state index in [1.54, 1.807) is 6.07 Å². The second kappa shape index (κ2) is 7.62. The molecule has 2 aliphatic rings. The number of amides is 1. The first kappa shape index (κ1) is 17.4. The second-order valence-electron chi connectivity index (χ2n) is 7.43. The summed E-state index contributed by atoms with van der Waals surface area (Å²) in [5.41, 5.74) is 0.760. The van der Waals surface area contributed by atoms with Crippen molar-refractivity contribution in [2.45, 2.75) is 31.8 Å². The van der Waals surface area contributed by atoms with Crippen LogP contribution in [0.4, 0.5) is 4.39 Å². The smallest absolute Gasteiger partial charge is 0.223 e. The van der Waals surface area contributed by atoms with Crippen LogP contribution in [0.2, 0.25) is 0 Å². The summed E-state index contributed by atoms with van der Waals surface area (Å²) in [5, 5.41) is 3.13.